The first-order valence-corrected chi connectivity index (χ1v) is 23.9. The summed E-state index contributed by atoms with van der Waals surface area (Å²) < 4.78 is 13.6. The van der Waals surface area contributed by atoms with Crippen LogP contribution in [0.3, 0.4) is 0 Å². The first-order chi connectivity index (χ1) is 33.8. The molecular formula is C65H46N2O2. The molecule has 328 valence electrons. The fraction of sp³-hybridized carbons (Fsp3) is 0.0769. The molecule has 0 unspecified atom stereocenters. The van der Waals surface area contributed by atoms with Crippen LogP contribution >= 0.6 is 0 Å². The first kappa shape index (κ1) is 39.6. The summed E-state index contributed by atoms with van der Waals surface area (Å²) in [6.45, 7) is 9.09. The van der Waals surface area contributed by atoms with Crippen LogP contribution < -0.4 is 9.80 Å². The number of hydrogen-bond acceptors (Lipinski definition) is 4. The lowest BCUT2D eigenvalue weighted by Crippen LogP contribution is -2.16. The van der Waals surface area contributed by atoms with Crippen LogP contribution in [0.2, 0.25) is 0 Å². The molecule has 0 bridgehead atoms. The highest BCUT2D eigenvalue weighted by Gasteiger charge is 2.40. The number of fused-ring (bicyclic) bond motifs is 16. The number of benzene rings is 11. The van der Waals surface area contributed by atoms with E-state index < -0.39 is 0 Å². The van der Waals surface area contributed by atoms with E-state index in [9.17, 15) is 0 Å². The molecule has 11 aromatic carbocycles. The van der Waals surface area contributed by atoms with Gasteiger partial charge >= 0.3 is 0 Å². The Morgan fingerprint density at radius 1 is 0.333 bits per heavy atom. The van der Waals surface area contributed by atoms with Gasteiger partial charge in [0.2, 0.25) is 0 Å². The second kappa shape index (κ2) is 14.7. The maximum atomic E-state index is 6.80. The molecule has 2 aromatic heterocycles. The zero-order valence-electron chi connectivity index (χ0n) is 38.8. The molecule has 0 aliphatic heterocycles. The fourth-order valence-corrected chi connectivity index (χ4v) is 12.0. The van der Waals surface area contributed by atoms with E-state index in [1.807, 2.05) is 0 Å². The second-order valence-corrected chi connectivity index (χ2v) is 19.3. The second-order valence-electron chi connectivity index (χ2n) is 19.3. The van der Waals surface area contributed by atoms with E-state index in [0.29, 0.717) is 0 Å². The minimum absolute atomic E-state index is 0.316. The van der Waals surface area contributed by atoms with Gasteiger partial charge in [-0.15, -0.1) is 0 Å². The average Bonchev–Trinajstić information content (AvgIpc) is 4.05. The Hall–Kier alpha value is -8.60. The molecule has 4 nitrogen and oxygen atoms in total. The highest BCUT2D eigenvalue weighted by Crippen LogP contribution is 2.57. The smallest absolute Gasteiger partial charge is 0.159 e. The normalized spacial score (nSPS) is 13.0. The van der Waals surface area contributed by atoms with Crippen molar-refractivity contribution in [1.82, 2.24) is 0 Å². The molecule has 0 radical (unpaired) electrons. The number of para-hydroxylation sites is 6. The molecule has 4 heteroatoms. The van der Waals surface area contributed by atoms with Crippen molar-refractivity contribution in [3.8, 4) is 11.1 Å². The fourth-order valence-electron chi connectivity index (χ4n) is 12.0. The summed E-state index contributed by atoms with van der Waals surface area (Å²) in [4.78, 5) is 4.71. The zero-order chi connectivity index (χ0) is 46.1. The van der Waals surface area contributed by atoms with Crippen LogP contribution in [0.5, 0.6) is 0 Å². The highest BCUT2D eigenvalue weighted by atomic mass is 16.3. The summed E-state index contributed by atoms with van der Waals surface area (Å²) in [7, 11) is 0. The van der Waals surface area contributed by atoms with Crippen LogP contribution in [0.1, 0.15) is 36.1 Å². The standard InChI is InChI=1S/C65H46N2O2/c1-39-17-13-25-50-52-27-15-29-56(63(52)68-61(39)50)66(42-19-7-5-8-20-42)44-32-35-46-41(37-44)31-34-54-58-48-24-12-11-23-47(48)55-38-45(33-36-49(55)60(58)65(3,4)59(46)54)67(43-21-9-6-10-22-43)57-30-16-28-53-51-26-14-18-40(2)62(51)69-64(53)57/h5-38H,1-4H3. The van der Waals surface area contributed by atoms with Crippen molar-refractivity contribution < 1.29 is 8.83 Å². The lowest BCUT2D eigenvalue weighted by molar-refractivity contribution is 0.665. The van der Waals surface area contributed by atoms with Gasteiger partial charge in [-0.3, -0.25) is 0 Å². The van der Waals surface area contributed by atoms with E-state index in [1.54, 1.807) is 0 Å². The highest BCUT2D eigenvalue weighted by molar-refractivity contribution is 6.21. The predicted octanol–water partition coefficient (Wildman–Crippen LogP) is 18.8. The van der Waals surface area contributed by atoms with Gasteiger partial charge in [0.1, 0.15) is 11.2 Å². The van der Waals surface area contributed by atoms with Crippen molar-refractivity contribution in [2.24, 2.45) is 0 Å². The van der Waals surface area contributed by atoms with Gasteiger partial charge in [0, 0.05) is 49.7 Å². The largest absolute Gasteiger partial charge is 0.454 e. The average molecular weight is 887 g/mol. The van der Waals surface area contributed by atoms with Crippen molar-refractivity contribution in [2.45, 2.75) is 33.1 Å². The third kappa shape index (κ3) is 5.69. The van der Waals surface area contributed by atoms with Gasteiger partial charge in [-0.2, -0.15) is 0 Å². The van der Waals surface area contributed by atoms with E-state index in [1.165, 1.54) is 54.6 Å². The van der Waals surface area contributed by atoms with Crippen molar-refractivity contribution >= 4 is 110 Å². The van der Waals surface area contributed by atoms with E-state index in [2.05, 4.69) is 244 Å². The Kier molecular flexibility index (Phi) is 8.43. The maximum Gasteiger partial charge on any atom is 0.159 e. The van der Waals surface area contributed by atoms with Crippen LogP contribution in [0, 0.1) is 13.8 Å². The van der Waals surface area contributed by atoms with Crippen molar-refractivity contribution in [3.63, 3.8) is 0 Å². The lowest BCUT2D eigenvalue weighted by Gasteiger charge is -2.28. The van der Waals surface area contributed by atoms with Gasteiger partial charge in [0.15, 0.2) is 11.2 Å². The molecular weight excluding hydrogens is 841 g/mol. The van der Waals surface area contributed by atoms with Gasteiger partial charge in [-0.25, -0.2) is 0 Å². The molecule has 0 saturated heterocycles. The minimum Gasteiger partial charge on any atom is -0.454 e. The van der Waals surface area contributed by atoms with E-state index in [-0.39, 0.29) is 5.41 Å². The molecule has 0 N–H and O–H groups in total. The molecule has 2 heterocycles. The molecule has 0 atom stereocenters. The Bertz CT molecular complexity index is 4260. The molecule has 1 aliphatic carbocycles. The molecule has 0 saturated carbocycles. The number of nitrogens with zero attached hydrogens (tertiary/aromatic N) is 2. The minimum atomic E-state index is -0.316. The Morgan fingerprint density at radius 3 is 1.39 bits per heavy atom. The van der Waals surface area contributed by atoms with Crippen LogP contribution in [0.4, 0.5) is 34.1 Å². The van der Waals surface area contributed by atoms with Crippen molar-refractivity contribution in [1.29, 1.82) is 0 Å². The Morgan fingerprint density at radius 2 is 0.812 bits per heavy atom. The quantitative estimate of drug-likeness (QED) is 0.156. The van der Waals surface area contributed by atoms with Gasteiger partial charge in [0.05, 0.1) is 11.4 Å². The molecule has 0 fully saturated rings. The molecule has 69 heavy (non-hydrogen) atoms. The first-order valence-electron chi connectivity index (χ1n) is 23.9. The van der Waals surface area contributed by atoms with Gasteiger partial charge in [-0.05, 0) is 140 Å². The predicted molar refractivity (Wildman–Crippen MR) is 290 cm³/mol. The number of aryl methyl sites for hydroxylation is 2. The topological polar surface area (TPSA) is 32.8 Å². The SMILES string of the molecule is Cc1cccc2c1oc1c(N(c3ccccc3)c3ccc4c5c(ccc4c3)-c3c(c4ccc(N(c6ccccc6)c6cccc7c6oc6c(C)cccc67)cc4c4ccccc34)C5(C)C)cccc12. The third-order valence-corrected chi connectivity index (χ3v) is 15.0. The van der Waals surface area contributed by atoms with Gasteiger partial charge < -0.3 is 18.6 Å². The summed E-state index contributed by atoms with van der Waals surface area (Å²) in [6.07, 6.45) is 0. The summed E-state index contributed by atoms with van der Waals surface area (Å²) in [6, 6.07) is 75.0. The maximum absolute atomic E-state index is 6.80. The van der Waals surface area contributed by atoms with Crippen molar-refractivity contribution in [2.75, 3.05) is 9.80 Å². The number of furan rings is 2. The van der Waals surface area contributed by atoms with E-state index >= 15 is 0 Å². The third-order valence-electron chi connectivity index (χ3n) is 15.0. The van der Waals surface area contributed by atoms with Crippen molar-refractivity contribution in [3.05, 3.63) is 229 Å². The van der Waals surface area contributed by atoms with E-state index in [0.717, 1.165) is 89.1 Å². The molecule has 0 spiro atoms. The van der Waals surface area contributed by atoms with Crippen LogP contribution in [0.25, 0.3) is 87.3 Å². The molecule has 14 rings (SSSR count). The van der Waals surface area contributed by atoms with Gasteiger partial charge in [-0.1, -0.05) is 159 Å². The summed E-state index contributed by atoms with van der Waals surface area (Å²) in [5.74, 6) is 0. The summed E-state index contributed by atoms with van der Waals surface area (Å²) in [5, 5.41) is 12.0. The molecule has 0 amide bonds. The molecule has 13 aromatic rings. The Labute approximate surface area is 399 Å². The monoisotopic (exact) mass is 886 g/mol. The van der Waals surface area contributed by atoms with Crippen LogP contribution in [0.15, 0.2) is 215 Å². The summed E-state index contributed by atoms with van der Waals surface area (Å²) in [5.41, 5.74) is 17.2. The van der Waals surface area contributed by atoms with E-state index in [4.69, 9.17) is 8.83 Å². The molecule has 1 aliphatic rings. The zero-order valence-corrected chi connectivity index (χ0v) is 38.8. The van der Waals surface area contributed by atoms with Gasteiger partial charge in [0.25, 0.3) is 0 Å². The lowest BCUT2D eigenvalue weighted by atomic mass is 9.77. The van der Waals surface area contributed by atoms with Crippen LogP contribution in [-0.2, 0) is 5.41 Å². The number of anilines is 6. The Balaban J connectivity index is 0.949. The number of rotatable bonds is 6. The van der Waals surface area contributed by atoms with Crippen LogP contribution in [-0.4, -0.2) is 0 Å². The number of hydrogen-bond donors (Lipinski definition) is 0. The summed E-state index contributed by atoms with van der Waals surface area (Å²) >= 11 is 0.